The molecule has 84 valence electrons. The molecule has 4 nitrogen and oxygen atoms in total. The number of nitrogens with zero attached hydrogens (tertiary/aromatic N) is 2. The van der Waals surface area contributed by atoms with E-state index in [1.165, 1.54) is 5.69 Å². The van der Waals surface area contributed by atoms with Gasteiger partial charge in [-0.05, 0) is 25.1 Å². The van der Waals surface area contributed by atoms with E-state index in [2.05, 4.69) is 9.88 Å². The summed E-state index contributed by atoms with van der Waals surface area (Å²) >= 11 is 0. The minimum atomic E-state index is 0.717. The van der Waals surface area contributed by atoms with E-state index < -0.39 is 0 Å². The quantitative estimate of drug-likeness (QED) is 0.724. The lowest BCUT2D eigenvalue weighted by atomic mass is 10.3. The second-order valence-electron chi connectivity index (χ2n) is 3.33. The minimum absolute atomic E-state index is 0.717. The van der Waals surface area contributed by atoms with Crippen LogP contribution in [0.4, 0.5) is 5.69 Å². The maximum absolute atomic E-state index is 5.51. The molecular weight excluding hydrogens is 190 g/mol. The lowest BCUT2D eigenvalue weighted by molar-refractivity contribution is 0.205. The third-order valence-electron chi connectivity index (χ3n) is 2.23. The normalized spacial score (nSPS) is 10.3. The first-order valence-electron chi connectivity index (χ1n) is 5.22. The highest BCUT2D eigenvalue weighted by atomic mass is 16.5. The van der Waals surface area contributed by atoms with E-state index in [-0.39, 0.29) is 0 Å². The van der Waals surface area contributed by atoms with Gasteiger partial charge in [-0.3, -0.25) is 4.98 Å². The van der Waals surface area contributed by atoms with Crippen LogP contribution in [0.1, 0.15) is 6.42 Å². The molecule has 0 atom stereocenters. The second-order valence-corrected chi connectivity index (χ2v) is 3.33. The van der Waals surface area contributed by atoms with Gasteiger partial charge in [-0.2, -0.15) is 0 Å². The van der Waals surface area contributed by atoms with Crippen molar-refractivity contribution in [2.24, 2.45) is 5.73 Å². The number of ether oxygens (including phenoxy) is 1. The number of aromatic nitrogens is 1. The van der Waals surface area contributed by atoms with Crippen molar-refractivity contribution in [1.82, 2.24) is 4.98 Å². The number of nitrogens with two attached hydrogens (primary N) is 1. The fourth-order valence-corrected chi connectivity index (χ4v) is 1.41. The van der Waals surface area contributed by atoms with Crippen molar-refractivity contribution in [3.05, 3.63) is 24.5 Å². The Morgan fingerprint density at radius 2 is 2.07 bits per heavy atom. The summed E-state index contributed by atoms with van der Waals surface area (Å²) in [6.45, 7) is 3.30. The van der Waals surface area contributed by atoms with Crippen LogP contribution in [-0.4, -0.2) is 38.3 Å². The number of methoxy groups -OCH3 is 1. The van der Waals surface area contributed by atoms with Crippen LogP contribution in [0.2, 0.25) is 0 Å². The van der Waals surface area contributed by atoms with E-state index >= 15 is 0 Å². The van der Waals surface area contributed by atoms with Gasteiger partial charge in [0.1, 0.15) is 0 Å². The first-order valence-corrected chi connectivity index (χ1v) is 5.22. The van der Waals surface area contributed by atoms with Crippen LogP contribution >= 0.6 is 0 Å². The van der Waals surface area contributed by atoms with Gasteiger partial charge in [0.15, 0.2) is 0 Å². The molecule has 0 radical (unpaired) electrons. The largest absolute Gasteiger partial charge is 0.383 e. The molecular formula is C11H19N3O. The summed E-state index contributed by atoms with van der Waals surface area (Å²) in [5, 5.41) is 0. The third-order valence-corrected chi connectivity index (χ3v) is 2.23. The molecule has 1 heterocycles. The Morgan fingerprint density at radius 3 is 2.67 bits per heavy atom. The number of anilines is 1. The predicted molar refractivity (Wildman–Crippen MR) is 62.0 cm³/mol. The predicted octanol–water partition coefficient (Wildman–Crippen LogP) is 0.883. The van der Waals surface area contributed by atoms with E-state index in [0.29, 0.717) is 6.54 Å². The summed E-state index contributed by atoms with van der Waals surface area (Å²) in [7, 11) is 1.72. The lowest BCUT2D eigenvalue weighted by Gasteiger charge is -2.24. The molecule has 0 aromatic carbocycles. The Bertz CT molecular complexity index is 245. The highest BCUT2D eigenvalue weighted by Crippen LogP contribution is 2.11. The summed E-state index contributed by atoms with van der Waals surface area (Å²) in [6, 6.07) is 4.01. The highest BCUT2D eigenvalue weighted by Gasteiger charge is 2.04. The second kappa shape index (κ2) is 7.20. The summed E-state index contributed by atoms with van der Waals surface area (Å²) in [5.41, 5.74) is 6.69. The van der Waals surface area contributed by atoms with Gasteiger partial charge < -0.3 is 15.4 Å². The fraction of sp³-hybridized carbons (Fsp3) is 0.545. The van der Waals surface area contributed by atoms with Crippen molar-refractivity contribution in [2.45, 2.75) is 6.42 Å². The van der Waals surface area contributed by atoms with Crippen LogP contribution in [-0.2, 0) is 4.74 Å². The lowest BCUT2D eigenvalue weighted by Crippen LogP contribution is -2.29. The molecule has 1 aromatic heterocycles. The maximum Gasteiger partial charge on any atom is 0.0637 e. The zero-order valence-electron chi connectivity index (χ0n) is 9.22. The van der Waals surface area contributed by atoms with Crippen molar-refractivity contribution >= 4 is 5.69 Å². The van der Waals surface area contributed by atoms with Crippen LogP contribution in [0, 0.1) is 0 Å². The summed E-state index contributed by atoms with van der Waals surface area (Å²) in [5.74, 6) is 0. The van der Waals surface area contributed by atoms with Crippen LogP contribution in [0.25, 0.3) is 0 Å². The van der Waals surface area contributed by atoms with Crippen molar-refractivity contribution in [3.8, 4) is 0 Å². The average Bonchev–Trinajstić information content (AvgIpc) is 2.30. The zero-order valence-corrected chi connectivity index (χ0v) is 9.22. The molecule has 15 heavy (non-hydrogen) atoms. The van der Waals surface area contributed by atoms with Gasteiger partial charge in [-0.15, -0.1) is 0 Å². The Balaban J connectivity index is 2.55. The van der Waals surface area contributed by atoms with Crippen LogP contribution < -0.4 is 10.6 Å². The van der Waals surface area contributed by atoms with Gasteiger partial charge in [-0.25, -0.2) is 0 Å². The maximum atomic E-state index is 5.51. The van der Waals surface area contributed by atoms with Crippen molar-refractivity contribution in [3.63, 3.8) is 0 Å². The average molecular weight is 209 g/mol. The topological polar surface area (TPSA) is 51.4 Å². The standard InChI is InChI=1S/C11H19N3O/c1-15-10-9-14(8-2-5-12)11-3-6-13-7-4-11/h3-4,6-7H,2,5,8-10,12H2,1H3. The van der Waals surface area contributed by atoms with Gasteiger partial charge in [0.2, 0.25) is 0 Å². The molecule has 0 fully saturated rings. The summed E-state index contributed by atoms with van der Waals surface area (Å²) in [6.07, 6.45) is 4.60. The fourth-order valence-electron chi connectivity index (χ4n) is 1.41. The first-order chi connectivity index (χ1) is 7.38. The molecule has 1 rings (SSSR count). The van der Waals surface area contributed by atoms with E-state index in [0.717, 1.165) is 26.1 Å². The Labute approximate surface area is 91.1 Å². The third kappa shape index (κ3) is 4.27. The van der Waals surface area contributed by atoms with Gasteiger partial charge in [0.05, 0.1) is 6.61 Å². The summed E-state index contributed by atoms with van der Waals surface area (Å²) in [4.78, 5) is 6.27. The molecule has 0 bridgehead atoms. The molecule has 0 aliphatic rings. The monoisotopic (exact) mass is 209 g/mol. The van der Waals surface area contributed by atoms with E-state index in [1.54, 1.807) is 19.5 Å². The Hall–Kier alpha value is -1.13. The molecule has 0 saturated carbocycles. The van der Waals surface area contributed by atoms with E-state index in [9.17, 15) is 0 Å². The molecule has 0 aliphatic carbocycles. The highest BCUT2D eigenvalue weighted by molar-refractivity contribution is 5.44. The van der Waals surface area contributed by atoms with Crippen molar-refractivity contribution in [2.75, 3.05) is 38.3 Å². The van der Waals surface area contributed by atoms with Crippen LogP contribution in [0.5, 0.6) is 0 Å². The van der Waals surface area contributed by atoms with Gasteiger partial charge in [0, 0.05) is 38.3 Å². The van der Waals surface area contributed by atoms with Gasteiger partial charge >= 0.3 is 0 Å². The number of hydrogen-bond donors (Lipinski definition) is 1. The number of rotatable bonds is 7. The molecule has 2 N–H and O–H groups in total. The van der Waals surface area contributed by atoms with Crippen LogP contribution in [0.3, 0.4) is 0 Å². The minimum Gasteiger partial charge on any atom is -0.383 e. The molecule has 1 aromatic rings. The van der Waals surface area contributed by atoms with Crippen molar-refractivity contribution in [1.29, 1.82) is 0 Å². The van der Waals surface area contributed by atoms with E-state index in [4.69, 9.17) is 10.5 Å². The molecule has 0 aliphatic heterocycles. The molecule has 0 saturated heterocycles. The van der Waals surface area contributed by atoms with Crippen molar-refractivity contribution < 1.29 is 4.74 Å². The number of hydrogen-bond acceptors (Lipinski definition) is 4. The Morgan fingerprint density at radius 1 is 1.33 bits per heavy atom. The molecule has 0 spiro atoms. The van der Waals surface area contributed by atoms with Gasteiger partial charge in [0.25, 0.3) is 0 Å². The van der Waals surface area contributed by atoms with Gasteiger partial charge in [-0.1, -0.05) is 0 Å². The Kier molecular flexibility index (Phi) is 5.73. The summed E-state index contributed by atoms with van der Waals surface area (Å²) < 4.78 is 5.09. The molecule has 0 unspecified atom stereocenters. The zero-order chi connectivity index (χ0) is 10.9. The SMILES string of the molecule is COCCN(CCCN)c1ccncc1. The molecule has 4 heteroatoms. The number of pyridine rings is 1. The molecule has 0 amide bonds. The van der Waals surface area contributed by atoms with Crippen LogP contribution in [0.15, 0.2) is 24.5 Å². The van der Waals surface area contributed by atoms with E-state index in [1.807, 2.05) is 12.1 Å². The smallest absolute Gasteiger partial charge is 0.0637 e. The first kappa shape index (κ1) is 11.9.